The number of nitrogens with zero attached hydrogens (tertiary/aromatic N) is 3. The first-order chi connectivity index (χ1) is 17.1. The molecule has 0 spiro atoms. The smallest absolute Gasteiger partial charge is 0.335 e. The normalized spacial score (nSPS) is 14.5. The van der Waals surface area contributed by atoms with Crippen LogP contribution in [0.4, 0.5) is 11.4 Å². The first-order valence-electron chi connectivity index (χ1n) is 11.5. The van der Waals surface area contributed by atoms with Crippen molar-refractivity contribution in [3.8, 4) is 0 Å². The Balaban J connectivity index is 0.000000388. The van der Waals surface area contributed by atoms with E-state index in [4.69, 9.17) is 33.3 Å². The summed E-state index contributed by atoms with van der Waals surface area (Å²) >= 11 is 5.90. The Morgan fingerprint density at radius 2 is 1.69 bits per heavy atom. The van der Waals surface area contributed by atoms with E-state index < -0.39 is 22.9 Å². The second-order valence-electron chi connectivity index (χ2n) is 8.38. The molecule has 3 rings (SSSR count). The lowest BCUT2D eigenvalue weighted by Gasteiger charge is -2.35. The Morgan fingerprint density at radius 3 is 2.22 bits per heavy atom. The van der Waals surface area contributed by atoms with E-state index in [1.165, 1.54) is 17.7 Å². The van der Waals surface area contributed by atoms with Crippen LogP contribution in [0.3, 0.4) is 0 Å². The topological polar surface area (TPSA) is 176 Å². The van der Waals surface area contributed by atoms with Crippen LogP contribution >= 0.6 is 11.6 Å². The zero-order valence-corrected chi connectivity index (χ0v) is 20.6. The molecule has 0 amide bonds. The molecule has 0 aliphatic carbocycles. The molecule has 6 N–H and O–H groups in total. The lowest BCUT2D eigenvalue weighted by atomic mass is 10.1. The van der Waals surface area contributed by atoms with Gasteiger partial charge < -0.3 is 26.6 Å². The van der Waals surface area contributed by atoms with E-state index in [9.17, 15) is 19.7 Å². The van der Waals surface area contributed by atoms with E-state index in [0.717, 1.165) is 38.5 Å². The van der Waals surface area contributed by atoms with Crippen LogP contribution < -0.4 is 16.4 Å². The molecule has 12 heteroatoms. The molecule has 1 aliphatic heterocycles. The average molecular weight is 522 g/mol. The molecule has 11 nitrogen and oxygen atoms in total. The van der Waals surface area contributed by atoms with Gasteiger partial charge in [-0.05, 0) is 49.2 Å². The molecule has 1 heterocycles. The number of piperazine rings is 1. The van der Waals surface area contributed by atoms with Gasteiger partial charge in [-0.15, -0.1) is 0 Å². The standard InChI is InChI=1S/C18H18ClN3O4.C6H14N2O2/c19-15-4-1-13(2-5-15)12-20-7-9-21(10-8-20)16-6-3-14(18(23)24)11-17(16)22(25)26;7-4-2-1-3-5(8)6(9)10/h1-6,11H,7-10,12H2,(H,23,24);5H,1-4,7-8H2,(H,9,10). The number of anilines is 1. The van der Waals surface area contributed by atoms with E-state index in [-0.39, 0.29) is 11.3 Å². The molecule has 196 valence electrons. The minimum atomic E-state index is -1.17. The van der Waals surface area contributed by atoms with Crippen LogP contribution in [0, 0.1) is 10.1 Å². The van der Waals surface area contributed by atoms with Crippen LogP contribution in [-0.4, -0.2) is 70.7 Å². The van der Waals surface area contributed by atoms with Gasteiger partial charge in [-0.1, -0.05) is 30.2 Å². The van der Waals surface area contributed by atoms with E-state index >= 15 is 0 Å². The summed E-state index contributed by atoms with van der Waals surface area (Å²) < 4.78 is 0. The molecule has 1 atom stereocenters. The summed E-state index contributed by atoms with van der Waals surface area (Å²) in [5.74, 6) is -2.11. The number of aromatic carboxylic acids is 1. The number of nitrogens with two attached hydrogens (primary N) is 2. The fraction of sp³-hybridized carbons (Fsp3) is 0.417. The number of carbonyl (C=O) groups is 2. The van der Waals surface area contributed by atoms with Gasteiger partial charge in [0.05, 0.1) is 10.5 Å². The van der Waals surface area contributed by atoms with Crippen LogP contribution in [0.2, 0.25) is 5.02 Å². The number of benzene rings is 2. The van der Waals surface area contributed by atoms with Crippen molar-refractivity contribution in [2.24, 2.45) is 11.5 Å². The molecule has 36 heavy (non-hydrogen) atoms. The Morgan fingerprint density at radius 1 is 1.06 bits per heavy atom. The number of hydrogen-bond donors (Lipinski definition) is 4. The Kier molecular flexibility index (Phi) is 11.5. The number of nitro benzene ring substituents is 1. The minimum absolute atomic E-state index is 0.0816. The fourth-order valence-electron chi connectivity index (χ4n) is 3.70. The van der Waals surface area contributed by atoms with Gasteiger partial charge in [0.1, 0.15) is 11.7 Å². The number of carboxylic acid groups (broad SMARTS) is 2. The molecular formula is C24H32ClN5O6. The number of nitro groups is 1. The Labute approximate surface area is 214 Å². The van der Waals surface area contributed by atoms with Crippen molar-refractivity contribution in [1.29, 1.82) is 0 Å². The van der Waals surface area contributed by atoms with Crippen LogP contribution in [0.1, 0.15) is 35.2 Å². The zero-order valence-electron chi connectivity index (χ0n) is 19.9. The maximum absolute atomic E-state index is 11.3. The summed E-state index contributed by atoms with van der Waals surface area (Å²) in [5, 5.41) is 29.4. The van der Waals surface area contributed by atoms with Crippen molar-refractivity contribution >= 4 is 34.9 Å². The first-order valence-corrected chi connectivity index (χ1v) is 11.9. The highest BCUT2D eigenvalue weighted by atomic mass is 35.5. The SMILES string of the molecule is NCCCCC(N)C(=O)O.O=C(O)c1ccc(N2CCN(Cc3ccc(Cl)cc3)CC2)c([N+](=O)[O-])c1. The maximum Gasteiger partial charge on any atom is 0.335 e. The lowest BCUT2D eigenvalue weighted by molar-refractivity contribution is -0.384. The number of hydrogen-bond acceptors (Lipinski definition) is 8. The van der Waals surface area contributed by atoms with Crippen molar-refractivity contribution in [2.75, 3.05) is 37.6 Å². The van der Waals surface area contributed by atoms with Crippen molar-refractivity contribution in [1.82, 2.24) is 4.90 Å². The fourth-order valence-corrected chi connectivity index (χ4v) is 3.82. The maximum atomic E-state index is 11.3. The predicted octanol–water partition coefficient (Wildman–Crippen LogP) is 2.80. The Hall–Kier alpha value is -3.25. The van der Waals surface area contributed by atoms with Crippen LogP contribution in [-0.2, 0) is 11.3 Å². The summed E-state index contributed by atoms with van der Waals surface area (Å²) in [4.78, 5) is 36.2. The minimum Gasteiger partial charge on any atom is -0.480 e. The number of rotatable bonds is 10. The van der Waals surface area contributed by atoms with Crippen molar-refractivity contribution in [3.05, 3.63) is 68.7 Å². The summed E-state index contributed by atoms with van der Waals surface area (Å²) in [6.45, 7) is 4.21. The van der Waals surface area contributed by atoms with Gasteiger partial charge in [-0.2, -0.15) is 0 Å². The van der Waals surface area contributed by atoms with E-state index in [1.807, 2.05) is 29.2 Å². The third-order valence-corrected chi connectivity index (χ3v) is 5.99. The predicted molar refractivity (Wildman–Crippen MR) is 138 cm³/mol. The van der Waals surface area contributed by atoms with Gasteiger partial charge in [-0.3, -0.25) is 19.8 Å². The monoisotopic (exact) mass is 521 g/mol. The van der Waals surface area contributed by atoms with Gasteiger partial charge in [-0.25, -0.2) is 4.79 Å². The molecule has 1 unspecified atom stereocenters. The van der Waals surface area contributed by atoms with Crippen LogP contribution in [0.25, 0.3) is 0 Å². The molecule has 1 saturated heterocycles. The highest BCUT2D eigenvalue weighted by Crippen LogP contribution is 2.30. The van der Waals surface area contributed by atoms with Crippen molar-refractivity contribution in [2.45, 2.75) is 31.8 Å². The van der Waals surface area contributed by atoms with E-state index in [2.05, 4.69) is 4.90 Å². The molecule has 0 aromatic heterocycles. The Bertz CT molecular complexity index is 1030. The van der Waals surface area contributed by atoms with Gasteiger partial charge >= 0.3 is 11.9 Å². The number of halogens is 1. The average Bonchev–Trinajstić information content (AvgIpc) is 2.86. The molecule has 1 fully saturated rings. The summed E-state index contributed by atoms with van der Waals surface area (Å²) in [7, 11) is 0. The number of unbranched alkanes of at least 4 members (excludes halogenated alkanes) is 1. The molecule has 0 saturated carbocycles. The molecule has 2 aromatic rings. The summed E-state index contributed by atoms with van der Waals surface area (Å²) in [5.41, 5.74) is 11.8. The first kappa shape index (κ1) is 29.0. The van der Waals surface area contributed by atoms with Gasteiger partial charge in [0.2, 0.25) is 0 Å². The van der Waals surface area contributed by atoms with E-state index in [1.54, 1.807) is 0 Å². The molecule has 0 radical (unpaired) electrons. The third-order valence-electron chi connectivity index (χ3n) is 5.74. The van der Waals surface area contributed by atoms with Crippen LogP contribution in [0.5, 0.6) is 0 Å². The molecular weight excluding hydrogens is 490 g/mol. The zero-order chi connectivity index (χ0) is 26.7. The highest BCUT2D eigenvalue weighted by Gasteiger charge is 2.25. The second-order valence-corrected chi connectivity index (χ2v) is 8.82. The summed E-state index contributed by atoms with van der Waals surface area (Å²) in [6.07, 6.45) is 2.16. The molecule has 1 aliphatic rings. The van der Waals surface area contributed by atoms with Crippen LogP contribution in [0.15, 0.2) is 42.5 Å². The van der Waals surface area contributed by atoms with E-state index in [0.29, 0.717) is 36.8 Å². The highest BCUT2D eigenvalue weighted by molar-refractivity contribution is 6.30. The third kappa shape index (κ3) is 9.08. The number of aliphatic carboxylic acids is 1. The van der Waals surface area contributed by atoms with Gasteiger partial charge in [0.25, 0.3) is 5.69 Å². The van der Waals surface area contributed by atoms with Crippen molar-refractivity contribution < 1.29 is 24.7 Å². The lowest BCUT2D eigenvalue weighted by Crippen LogP contribution is -2.46. The molecule has 0 bridgehead atoms. The second kappa shape index (κ2) is 14.3. The largest absolute Gasteiger partial charge is 0.480 e. The molecule has 2 aromatic carbocycles. The van der Waals surface area contributed by atoms with Gasteiger partial charge in [0, 0.05) is 43.8 Å². The van der Waals surface area contributed by atoms with Gasteiger partial charge in [0.15, 0.2) is 0 Å². The number of carboxylic acids is 2. The quantitative estimate of drug-likeness (QED) is 0.206. The van der Waals surface area contributed by atoms with Crippen molar-refractivity contribution in [3.63, 3.8) is 0 Å². The summed E-state index contributed by atoms with van der Waals surface area (Å²) in [6, 6.07) is 11.0.